The first-order chi connectivity index (χ1) is 8.78. The second-order valence-electron chi connectivity index (χ2n) is 5.58. The maximum atomic E-state index is 11.8. The van der Waals surface area contributed by atoms with Crippen molar-refractivity contribution in [3.8, 4) is 0 Å². The topological polar surface area (TPSA) is 61.8 Å². The molecule has 0 aromatic carbocycles. The summed E-state index contributed by atoms with van der Waals surface area (Å²) < 4.78 is 15.4. The molecule has 0 radical (unpaired) electrons. The molecule has 0 spiro atoms. The third-order valence-electron chi connectivity index (χ3n) is 2.95. The summed E-state index contributed by atoms with van der Waals surface area (Å²) in [6, 6.07) is 0. The largest absolute Gasteiger partial charge is 0.548 e. The van der Waals surface area contributed by atoms with Gasteiger partial charge in [-0.25, -0.2) is 0 Å². The Balaban J connectivity index is 2.88. The van der Waals surface area contributed by atoms with Crippen LogP contribution in [0.15, 0.2) is 11.8 Å². The van der Waals surface area contributed by atoms with Gasteiger partial charge in [-0.15, -0.1) is 0 Å². The van der Waals surface area contributed by atoms with Crippen LogP contribution in [0, 0.1) is 11.8 Å². The van der Waals surface area contributed by atoms with Gasteiger partial charge in [-0.3, -0.25) is 9.59 Å². The summed E-state index contributed by atoms with van der Waals surface area (Å²) in [6.07, 6.45) is 2.74. The Morgan fingerprint density at radius 1 is 1.11 bits per heavy atom. The Bertz CT molecular complexity index is 383. The van der Waals surface area contributed by atoms with Crippen molar-refractivity contribution in [2.75, 3.05) is 14.2 Å². The van der Waals surface area contributed by atoms with Crippen LogP contribution in [0.5, 0.6) is 0 Å². The lowest BCUT2D eigenvalue weighted by Gasteiger charge is -2.30. The summed E-state index contributed by atoms with van der Waals surface area (Å²) in [5, 5.41) is 0. The number of allylic oxidation sites excluding steroid dienone is 2. The Morgan fingerprint density at radius 3 is 2.11 bits per heavy atom. The fraction of sp³-hybridized carbons (Fsp3) is 0.692. The Labute approximate surface area is 115 Å². The molecule has 0 amide bonds. The van der Waals surface area contributed by atoms with E-state index >= 15 is 0 Å². The Hall–Kier alpha value is -1.30. The van der Waals surface area contributed by atoms with Gasteiger partial charge in [-0.2, -0.15) is 0 Å². The third-order valence-corrected chi connectivity index (χ3v) is 3.83. The highest BCUT2D eigenvalue weighted by atomic mass is 28.4. The molecule has 0 N–H and O–H groups in total. The minimum Gasteiger partial charge on any atom is -0.548 e. The van der Waals surface area contributed by atoms with E-state index in [1.807, 2.05) is 6.08 Å². The summed E-state index contributed by atoms with van der Waals surface area (Å²) in [7, 11) is 0.942. The molecule has 0 unspecified atom stereocenters. The third kappa shape index (κ3) is 4.38. The van der Waals surface area contributed by atoms with Crippen LogP contribution in [0.4, 0.5) is 0 Å². The van der Waals surface area contributed by atoms with Crippen molar-refractivity contribution >= 4 is 20.3 Å². The van der Waals surface area contributed by atoms with E-state index in [0.29, 0.717) is 12.8 Å². The van der Waals surface area contributed by atoms with Crippen molar-refractivity contribution in [3.63, 3.8) is 0 Å². The molecular formula is C13H22O5Si. The second kappa shape index (κ2) is 6.23. The van der Waals surface area contributed by atoms with Crippen molar-refractivity contribution in [1.82, 2.24) is 0 Å². The van der Waals surface area contributed by atoms with Crippen LogP contribution in [0.1, 0.15) is 12.8 Å². The fourth-order valence-corrected chi connectivity index (χ4v) is 3.11. The number of rotatable bonds is 4. The van der Waals surface area contributed by atoms with Gasteiger partial charge in [0, 0.05) is 6.42 Å². The van der Waals surface area contributed by atoms with Gasteiger partial charge in [0.1, 0.15) is 0 Å². The predicted molar refractivity (Wildman–Crippen MR) is 72.8 cm³/mol. The van der Waals surface area contributed by atoms with Gasteiger partial charge in [-0.05, 0) is 32.1 Å². The van der Waals surface area contributed by atoms with Crippen molar-refractivity contribution in [2.24, 2.45) is 11.8 Å². The highest BCUT2D eigenvalue weighted by Crippen LogP contribution is 2.33. The molecule has 6 heteroatoms. The number of carbonyl (C=O) groups excluding carboxylic acids is 2. The monoisotopic (exact) mass is 286 g/mol. The molecule has 0 heterocycles. The molecular weight excluding hydrogens is 264 g/mol. The minimum atomic E-state index is -1.71. The number of hydrogen-bond donors (Lipinski definition) is 0. The Kier molecular flexibility index (Phi) is 5.17. The number of carbonyl (C=O) groups is 2. The molecule has 1 aliphatic carbocycles. The molecule has 1 rings (SSSR count). The van der Waals surface area contributed by atoms with E-state index in [1.165, 1.54) is 14.2 Å². The van der Waals surface area contributed by atoms with Crippen LogP contribution in [0.25, 0.3) is 0 Å². The highest BCUT2D eigenvalue weighted by Gasteiger charge is 2.39. The van der Waals surface area contributed by atoms with Gasteiger partial charge < -0.3 is 13.9 Å². The quantitative estimate of drug-likeness (QED) is 0.585. The standard InChI is InChI=1S/C13H22O5Si/c1-16-12(14)10-7-6-9(18-19(3,4)5)8-11(10)13(15)17-2/h6,10-11H,7-8H2,1-5H3/t10-,11-/m0/s1. The smallest absolute Gasteiger partial charge is 0.310 e. The maximum Gasteiger partial charge on any atom is 0.310 e. The van der Waals surface area contributed by atoms with Crippen LogP contribution in [0.3, 0.4) is 0 Å². The van der Waals surface area contributed by atoms with Gasteiger partial charge >= 0.3 is 11.9 Å². The summed E-state index contributed by atoms with van der Waals surface area (Å²) >= 11 is 0. The normalized spacial score (nSPS) is 23.3. The van der Waals surface area contributed by atoms with E-state index in [2.05, 4.69) is 19.6 Å². The van der Waals surface area contributed by atoms with E-state index in [1.54, 1.807) is 0 Å². The van der Waals surface area contributed by atoms with Crippen molar-refractivity contribution in [2.45, 2.75) is 32.5 Å². The molecule has 0 aromatic rings. The van der Waals surface area contributed by atoms with Crippen LogP contribution >= 0.6 is 0 Å². The van der Waals surface area contributed by atoms with E-state index in [-0.39, 0.29) is 11.9 Å². The van der Waals surface area contributed by atoms with E-state index < -0.39 is 20.2 Å². The van der Waals surface area contributed by atoms with Gasteiger partial charge in [0.2, 0.25) is 8.32 Å². The number of ether oxygens (including phenoxy) is 2. The molecule has 0 bridgehead atoms. The lowest BCUT2D eigenvalue weighted by molar-refractivity contribution is -0.158. The zero-order valence-corrected chi connectivity index (χ0v) is 13.2. The second-order valence-corrected chi connectivity index (χ2v) is 10.0. The SMILES string of the molecule is COC(=O)[C@H]1CC=C(O[Si](C)(C)C)C[C@@H]1C(=O)OC. The summed E-state index contributed by atoms with van der Waals surface area (Å²) in [5.41, 5.74) is 0. The van der Waals surface area contributed by atoms with Crippen LogP contribution in [0.2, 0.25) is 19.6 Å². The van der Waals surface area contributed by atoms with E-state index in [9.17, 15) is 9.59 Å². The molecule has 0 saturated carbocycles. The first-order valence-electron chi connectivity index (χ1n) is 6.32. The van der Waals surface area contributed by atoms with E-state index in [0.717, 1.165) is 5.76 Å². The zero-order chi connectivity index (χ0) is 14.6. The minimum absolute atomic E-state index is 0.376. The summed E-state index contributed by atoms with van der Waals surface area (Å²) in [4.78, 5) is 23.5. The summed E-state index contributed by atoms with van der Waals surface area (Å²) in [6.45, 7) is 6.23. The molecule has 0 saturated heterocycles. The molecule has 2 atom stereocenters. The molecule has 0 fully saturated rings. The first-order valence-corrected chi connectivity index (χ1v) is 9.73. The van der Waals surface area contributed by atoms with Gasteiger partial charge in [0.05, 0.1) is 31.8 Å². The van der Waals surface area contributed by atoms with Crippen molar-refractivity contribution in [3.05, 3.63) is 11.8 Å². The van der Waals surface area contributed by atoms with Gasteiger partial charge in [0.15, 0.2) is 0 Å². The predicted octanol–water partition coefficient (Wildman–Crippen LogP) is 2.09. The average molecular weight is 286 g/mol. The molecule has 0 aliphatic heterocycles. The van der Waals surface area contributed by atoms with Crippen LogP contribution in [-0.2, 0) is 23.5 Å². The fourth-order valence-electron chi connectivity index (χ4n) is 2.15. The maximum absolute atomic E-state index is 11.8. The molecule has 0 aromatic heterocycles. The van der Waals surface area contributed by atoms with Crippen molar-refractivity contribution in [1.29, 1.82) is 0 Å². The Morgan fingerprint density at radius 2 is 1.63 bits per heavy atom. The highest BCUT2D eigenvalue weighted by molar-refractivity contribution is 6.70. The average Bonchev–Trinajstić information content (AvgIpc) is 2.35. The number of hydrogen-bond acceptors (Lipinski definition) is 5. The molecule has 108 valence electrons. The lowest BCUT2D eigenvalue weighted by atomic mass is 9.82. The number of esters is 2. The zero-order valence-electron chi connectivity index (χ0n) is 12.2. The summed E-state index contributed by atoms with van der Waals surface area (Å²) in [5.74, 6) is -0.978. The van der Waals surface area contributed by atoms with E-state index in [4.69, 9.17) is 13.9 Å². The van der Waals surface area contributed by atoms with Gasteiger partial charge in [-0.1, -0.05) is 0 Å². The van der Waals surface area contributed by atoms with Crippen LogP contribution < -0.4 is 0 Å². The molecule has 5 nitrogen and oxygen atoms in total. The number of methoxy groups -OCH3 is 2. The lowest BCUT2D eigenvalue weighted by Crippen LogP contribution is -2.36. The van der Waals surface area contributed by atoms with Crippen LogP contribution in [-0.4, -0.2) is 34.5 Å². The molecule has 19 heavy (non-hydrogen) atoms. The first kappa shape index (κ1) is 15.8. The van der Waals surface area contributed by atoms with Gasteiger partial charge in [0.25, 0.3) is 0 Å². The molecule has 1 aliphatic rings. The van der Waals surface area contributed by atoms with Crippen molar-refractivity contribution < 1.29 is 23.5 Å².